The number of carboxylic acids is 1. The second kappa shape index (κ2) is 4.74. The van der Waals surface area contributed by atoms with E-state index in [1.165, 1.54) is 7.11 Å². The minimum atomic E-state index is -1.07. The summed E-state index contributed by atoms with van der Waals surface area (Å²) in [6.07, 6.45) is -0.603. The van der Waals surface area contributed by atoms with Crippen molar-refractivity contribution in [2.45, 2.75) is 12.1 Å². The van der Waals surface area contributed by atoms with E-state index in [4.69, 9.17) is 15.6 Å². The van der Waals surface area contributed by atoms with Crippen LogP contribution in [0.3, 0.4) is 0 Å². The molecule has 4 nitrogen and oxygen atoms in total. The Morgan fingerprint density at radius 3 is 2.43 bits per heavy atom. The van der Waals surface area contributed by atoms with Crippen molar-refractivity contribution in [3.8, 4) is 0 Å². The van der Waals surface area contributed by atoms with Gasteiger partial charge in [-0.15, -0.1) is 0 Å². The lowest BCUT2D eigenvalue weighted by atomic mass is 10.0. The third-order valence-corrected chi connectivity index (χ3v) is 1.99. The van der Waals surface area contributed by atoms with Gasteiger partial charge >= 0.3 is 5.97 Å². The zero-order valence-corrected chi connectivity index (χ0v) is 7.88. The highest BCUT2D eigenvalue weighted by molar-refractivity contribution is 5.74. The van der Waals surface area contributed by atoms with Crippen molar-refractivity contribution in [1.82, 2.24) is 0 Å². The van der Waals surface area contributed by atoms with Crippen LogP contribution in [0.25, 0.3) is 0 Å². The summed E-state index contributed by atoms with van der Waals surface area (Å²) in [4.78, 5) is 10.7. The normalized spacial score (nSPS) is 14.7. The fourth-order valence-electron chi connectivity index (χ4n) is 1.26. The van der Waals surface area contributed by atoms with Gasteiger partial charge < -0.3 is 15.6 Å². The molecular formula is C10H13NO3. The van der Waals surface area contributed by atoms with Crippen molar-refractivity contribution in [3.05, 3.63) is 35.9 Å². The molecule has 1 rings (SSSR count). The van der Waals surface area contributed by atoms with Gasteiger partial charge in [-0.25, -0.2) is 0 Å². The Morgan fingerprint density at radius 1 is 1.43 bits per heavy atom. The van der Waals surface area contributed by atoms with Crippen LogP contribution in [-0.2, 0) is 9.53 Å². The van der Waals surface area contributed by atoms with E-state index >= 15 is 0 Å². The fourth-order valence-corrected chi connectivity index (χ4v) is 1.26. The van der Waals surface area contributed by atoms with Crippen LogP contribution in [0.2, 0.25) is 0 Å². The van der Waals surface area contributed by atoms with Crippen molar-refractivity contribution in [1.29, 1.82) is 0 Å². The molecule has 0 saturated carbocycles. The molecule has 2 atom stereocenters. The highest BCUT2D eigenvalue weighted by Gasteiger charge is 2.25. The van der Waals surface area contributed by atoms with Crippen LogP contribution in [0, 0.1) is 0 Å². The first-order valence-corrected chi connectivity index (χ1v) is 4.23. The van der Waals surface area contributed by atoms with Gasteiger partial charge in [0, 0.05) is 7.11 Å². The Morgan fingerprint density at radius 2 is 2.00 bits per heavy atom. The van der Waals surface area contributed by atoms with Crippen LogP contribution in [0.4, 0.5) is 0 Å². The number of hydrogen-bond acceptors (Lipinski definition) is 3. The summed E-state index contributed by atoms with van der Waals surface area (Å²) in [5.74, 6) is -1.07. The van der Waals surface area contributed by atoms with Crippen LogP contribution < -0.4 is 5.73 Å². The summed E-state index contributed by atoms with van der Waals surface area (Å²) < 4.78 is 5.05. The first-order valence-electron chi connectivity index (χ1n) is 4.23. The van der Waals surface area contributed by atoms with E-state index in [2.05, 4.69) is 0 Å². The SMILES string of the molecule is CO[C@H](c1ccccc1)[C@@H](N)C(=O)O. The Labute approximate surface area is 82.3 Å². The third kappa shape index (κ3) is 2.31. The number of methoxy groups -OCH3 is 1. The predicted molar refractivity (Wildman–Crippen MR) is 51.8 cm³/mol. The third-order valence-electron chi connectivity index (χ3n) is 1.99. The smallest absolute Gasteiger partial charge is 0.323 e. The fraction of sp³-hybridized carbons (Fsp3) is 0.300. The number of nitrogens with two attached hydrogens (primary N) is 1. The second-order valence-electron chi connectivity index (χ2n) is 2.93. The zero-order valence-electron chi connectivity index (χ0n) is 7.88. The number of hydrogen-bond donors (Lipinski definition) is 2. The van der Waals surface area contributed by atoms with Crippen molar-refractivity contribution < 1.29 is 14.6 Å². The van der Waals surface area contributed by atoms with Crippen LogP contribution >= 0.6 is 0 Å². The van der Waals surface area contributed by atoms with Crippen molar-refractivity contribution in [2.24, 2.45) is 5.73 Å². The molecule has 4 heteroatoms. The molecule has 0 fully saturated rings. The van der Waals surface area contributed by atoms with Gasteiger partial charge in [0.25, 0.3) is 0 Å². The molecule has 0 amide bonds. The monoisotopic (exact) mass is 195 g/mol. The van der Waals surface area contributed by atoms with Crippen LogP contribution in [-0.4, -0.2) is 24.2 Å². The lowest BCUT2D eigenvalue weighted by molar-refractivity contribution is -0.142. The van der Waals surface area contributed by atoms with E-state index in [9.17, 15) is 4.79 Å². The zero-order chi connectivity index (χ0) is 10.6. The number of aliphatic carboxylic acids is 1. The van der Waals surface area contributed by atoms with Gasteiger partial charge in [-0.05, 0) is 5.56 Å². The van der Waals surface area contributed by atoms with Crippen LogP contribution in [0.15, 0.2) is 30.3 Å². The highest BCUT2D eigenvalue weighted by atomic mass is 16.5. The van der Waals surface area contributed by atoms with E-state index in [-0.39, 0.29) is 0 Å². The van der Waals surface area contributed by atoms with Crippen LogP contribution in [0.1, 0.15) is 11.7 Å². The molecule has 0 aliphatic carbocycles. The molecule has 1 aromatic rings. The molecule has 0 radical (unpaired) electrons. The summed E-state index contributed by atoms with van der Waals surface area (Å²) in [6, 6.07) is 8.02. The van der Waals surface area contributed by atoms with E-state index in [1.807, 2.05) is 18.2 Å². The summed E-state index contributed by atoms with van der Waals surface area (Å²) in [6.45, 7) is 0. The Balaban J connectivity index is 2.87. The Bertz CT molecular complexity index is 299. The molecule has 1 aromatic carbocycles. The summed E-state index contributed by atoms with van der Waals surface area (Å²) >= 11 is 0. The summed E-state index contributed by atoms with van der Waals surface area (Å²) in [7, 11) is 1.44. The molecule has 0 unspecified atom stereocenters. The number of ether oxygens (including phenoxy) is 1. The summed E-state index contributed by atoms with van der Waals surface area (Å²) in [5.41, 5.74) is 6.25. The van der Waals surface area contributed by atoms with Gasteiger partial charge in [-0.1, -0.05) is 30.3 Å². The van der Waals surface area contributed by atoms with Gasteiger partial charge in [0.15, 0.2) is 0 Å². The first-order chi connectivity index (χ1) is 6.66. The van der Waals surface area contributed by atoms with Gasteiger partial charge in [0.2, 0.25) is 0 Å². The van der Waals surface area contributed by atoms with E-state index in [0.717, 1.165) is 5.56 Å². The minimum Gasteiger partial charge on any atom is -0.480 e. The number of benzene rings is 1. The van der Waals surface area contributed by atoms with Gasteiger partial charge in [0.05, 0.1) is 0 Å². The van der Waals surface area contributed by atoms with Gasteiger partial charge in [0.1, 0.15) is 12.1 Å². The maximum atomic E-state index is 10.7. The lowest BCUT2D eigenvalue weighted by Gasteiger charge is -2.19. The minimum absolute atomic E-state index is 0.603. The van der Waals surface area contributed by atoms with E-state index in [0.29, 0.717) is 0 Å². The molecular weight excluding hydrogens is 182 g/mol. The average Bonchev–Trinajstić information content (AvgIpc) is 2.20. The van der Waals surface area contributed by atoms with Crippen molar-refractivity contribution in [2.75, 3.05) is 7.11 Å². The molecule has 0 heterocycles. The largest absolute Gasteiger partial charge is 0.480 e. The predicted octanol–water partition coefficient (Wildman–Crippen LogP) is 0.786. The van der Waals surface area contributed by atoms with Crippen molar-refractivity contribution in [3.63, 3.8) is 0 Å². The maximum absolute atomic E-state index is 10.7. The van der Waals surface area contributed by atoms with Gasteiger partial charge in [-0.2, -0.15) is 0 Å². The van der Waals surface area contributed by atoms with Crippen molar-refractivity contribution >= 4 is 5.97 Å². The molecule has 0 spiro atoms. The summed E-state index contributed by atoms with van der Waals surface area (Å²) in [5, 5.41) is 8.74. The molecule has 3 N–H and O–H groups in total. The number of rotatable bonds is 4. The quantitative estimate of drug-likeness (QED) is 0.744. The topological polar surface area (TPSA) is 72.5 Å². The molecule has 76 valence electrons. The van der Waals surface area contributed by atoms with E-state index < -0.39 is 18.1 Å². The second-order valence-corrected chi connectivity index (χ2v) is 2.93. The Kier molecular flexibility index (Phi) is 3.62. The first kappa shape index (κ1) is 10.7. The Hall–Kier alpha value is -1.39. The molecule has 0 bridgehead atoms. The molecule has 0 aromatic heterocycles. The molecule has 0 aliphatic rings. The molecule has 0 saturated heterocycles. The standard InChI is InChI=1S/C10H13NO3/c1-14-9(8(11)10(12)13)7-5-3-2-4-6-7/h2-6,8-9H,11H2,1H3,(H,12,13)/t8-,9-/m1/s1. The number of carboxylic acid groups (broad SMARTS) is 1. The van der Waals surface area contributed by atoms with Crippen LogP contribution in [0.5, 0.6) is 0 Å². The van der Waals surface area contributed by atoms with E-state index in [1.54, 1.807) is 12.1 Å². The molecule has 14 heavy (non-hydrogen) atoms. The lowest BCUT2D eigenvalue weighted by Crippen LogP contribution is -2.37. The van der Waals surface area contributed by atoms with Gasteiger partial charge in [-0.3, -0.25) is 4.79 Å². The number of carbonyl (C=O) groups is 1. The highest BCUT2D eigenvalue weighted by Crippen LogP contribution is 2.18. The average molecular weight is 195 g/mol. The maximum Gasteiger partial charge on any atom is 0.323 e. The molecule has 0 aliphatic heterocycles.